The summed E-state index contributed by atoms with van der Waals surface area (Å²) in [6, 6.07) is 5.86. The van der Waals surface area contributed by atoms with Crippen LogP contribution in [-0.4, -0.2) is 14.5 Å². The van der Waals surface area contributed by atoms with E-state index < -0.39 is 0 Å². The summed E-state index contributed by atoms with van der Waals surface area (Å²) in [7, 11) is 1.95. The standard InChI is InChI=1S/C10H12N4/c1-14-7-6-12-10(14)13-8-9-4-2-3-5-11-9/h2-7H,8H2,1H3,(H,12,13). The van der Waals surface area contributed by atoms with Crippen molar-refractivity contribution in [1.29, 1.82) is 0 Å². The summed E-state index contributed by atoms with van der Waals surface area (Å²) in [6.45, 7) is 0.700. The average molecular weight is 188 g/mol. The zero-order chi connectivity index (χ0) is 9.80. The Morgan fingerprint density at radius 1 is 1.29 bits per heavy atom. The summed E-state index contributed by atoms with van der Waals surface area (Å²) >= 11 is 0. The van der Waals surface area contributed by atoms with Gasteiger partial charge in [-0.3, -0.25) is 4.98 Å². The van der Waals surface area contributed by atoms with Gasteiger partial charge in [0.15, 0.2) is 0 Å². The first-order chi connectivity index (χ1) is 6.86. The normalized spacial score (nSPS) is 10.1. The van der Waals surface area contributed by atoms with Gasteiger partial charge in [-0.15, -0.1) is 0 Å². The predicted molar refractivity (Wildman–Crippen MR) is 54.8 cm³/mol. The van der Waals surface area contributed by atoms with Crippen molar-refractivity contribution in [3.05, 3.63) is 42.5 Å². The van der Waals surface area contributed by atoms with Crippen LogP contribution in [0.4, 0.5) is 5.95 Å². The Morgan fingerprint density at radius 2 is 2.21 bits per heavy atom. The molecule has 1 N–H and O–H groups in total. The van der Waals surface area contributed by atoms with Gasteiger partial charge in [-0.2, -0.15) is 0 Å². The minimum Gasteiger partial charge on any atom is -0.350 e. The van der Waals surface area contributed by atoms with E-state index >= 15 is 0 Å². The molecular formula is C10H12N4. The molecule has 0 aliphatic heterocycles. The van der Waals surface area contributed by atoms with Gasteiger partial charge in [-0.05, 0) is 12.1 Å². The number of pyridine rings is 1. The first-order valence-electron chi connectivity index (χ1n) is 4.47. The second-order valence-electron chi connectivity index (χ2n) is 3.04. The Hall–Kier alpha value is -1.84. The van der Waals surface area contributed by atoms with E-state index in [1.54, 1.807) is 12.4 Å². The zero-order valence-corrected chi connectivity index (χ0v) is 8.01. The van der Waals surface area contributed by atoms with Crippen LogP contribution in [0, 0.1) is 0 Å². The Balaban J connectivity index is 1.99. The van der Waals surface area contributed by atoms with Crippen LogP contribution < -0.4 is 5.32 Å². The molecule has 72 valence electrons. The van der Waals surface area contributed by atoms with Crippen LogP contribution in [-0.2, 0) is 13.6 Å². The maximum absolute atomic E-state index is 4.21. The number of hydrogen-bond acceptors (Lipinski definition) is 3. The van der Waals surface area contributed by atoms with Gasteiger partial charge in [-0.1, -0.05) is 6.07 Å². The molecule has 0 aliphatic carbocycles. The van der Waals surface area contributed by atoms with Crippen molar-refractivity contribution in [3.8, 4) is 0 Å². The summed E-state index contributed by atoms with van der Waals surface area (Å²) < 4.78 is 1.93. The quantitative estimate of drug-likeness (QED) is 0.792. The smallest absolute Gasteiger partial charge is 0.202 e. The van der Waals surface area contributed by atoms with Gasteiger partial charge in [-0.25, -0.2) is 4.98 Å². The molecule has 2 aromatic rings. The molecule has 0 atom stereocenters. The SMILES string of the molecule is Cn1ccnc1NCc1ccccn1. The summed E-state index contributed by atoms with van der Waals surface area (Å²) in [6.07, 6.45) is 5.46. The number of imidazole rings is 1. The fraction of sp³-hybridized carbons (Fsp3) is 0.200. The Labute approximate surface area is 82.6 Å². The lowest BCUT2D eigenvalue weighted by Gasteiger charge is -2.04. The lowest BCUT2D eigenvalue weighted by Crippen LogP contribution is -2.05. The Morgan fingerprint density at radius 3 is 2.86 bits per heavy atom. The molecule has 2 aromatic heterocycles. The maximum Gasteiger partial charge on any atom is 0.202 e. The van der Waals surface area contributed by atoms with Crippen molar-refractivity contribution in [2.24, 2.45) is 7.05 Å². The largest absolute Gasteiger partial charge is 0.350 e. The third-order valence-corrected chi connectivity index (χ3v) is 1.97. The van der Waals surface area contributed by atoms with Gasteiger partial charge in [0, 0.05) is 25.6 Å². The average Bonchev–Trinajstić information content (AvgIpc) is 2.63. The van der Waals surface area contributed by atoms with Crippen LogP contribution in [0.2, 0.25) is 0 Å². The number of aryl methyl sites for hydroxylation is 1. The van der Waals surface area contributed by atoms with Crippen LogP contribution in [0.5, 0.6) is 0 Å². The van der Waals surface area contributed by atoms with E-state index in [4.69, 9.17) is 0 Å². The zero-order valence-electron chi connectivity index (χ0n) is 8.01. The predicted octanol–water partition coefficient (Wildman–Crippen LogP) is 1.43. The van der Waals surface area contributed by atoms with Crippen molar-refractivity contribution in [1.82, 2.24) is 14.5 Å². The van der Waals surface area contributed by atoms with Crippen molar-refractivity contribution < 1.29 is 0 Å². The van der Waals surface area contributed by atoms with Gasteiger partial charge < -0.3 is 9.88 Å². The summed E-state index contributed by atoms with van der Waals surface area (Å²) in [5, 5.41) is 3.20. The molecule has 4 heteroatoms. The van der Waals surface area contributed by atoms with Crippen molar-refractivity contribution >= 4 is 5.95 Å². The van der Waals surface area contributed by atoms with E-state index in [2.05, 4.69) is 15.3 Å². The molecule has 0 bridgehead atoms. The van der Waals surface area contributed by atoms with Crippen molar-refractivity contribution in [2.45, 2.75) is 6.54 Å². The number of nitrogens with zero attached hydrogens (tertiary/aromatic N) is 3. The Bertz CT molecular complexity index is 394. The number of anilines is 1. The Kier molecular flexibility index (Phi) is 2.44. The van der Waals surface area contributed by atoms with Gasteiger partial charge in [0.05, 0.1) is 12.2 Å². The number of aromatic nitrogens is 3. The van der Waals surface area contributed by atoms with Crippen LogP contribution in [0.25, 0.3) is 0 Å². The molecule has 2 rings (SSSR count). The highest BCUT2D eigenvalue weighted by atomic mass is 15.2. The molecule has 0 radical (unpaired) electrons. The molecular weight excluding hydrogens is 176 g/mol. The highest BCUT2D eigenvalue weighted by Crippen LogP contribution is 2.03. The van der Waals surface area contributed by atoms with E-state index in [9.17, 15) is 0 Å². The first-order valence-corrected chi connectivity index (χ1v) is 4.47. The van der Waals surface area contributed by atoms with Crippen molar-refractivity contribution in [2.75, 3.05) is 5.32 Å². The van der Waals surface area contributed by atoms with E-state index in [-0.39, 0.29) is 0 Å². The number of hydrogen-bond donors (Lipinski definition) is 1. The van der Waals surface area contributed by atoms with E-state index in [0.29, 0.717) is 6.54 Å². The molecule has 0 amide bonds. The molecule has 0 saturated heterocycles. The van der Waals surface area contributed by atoms with Gasteiger partial charge in [0.2, 0.25) is 5.95 Å². The molecule has 0 unspecified atom stereocenters. The van der Waals surface area contributed by atoms with Gasteiger partial charge in [0.1, 0.15) is 0 Å². The van der Waals surface area contributed by atoms with E-state index in [0.717, 1.165) is 11.6 Å². The fourth-order valence-corrected chi connectivity index (χ4v) is 1.21. The van der Waals surface area contributed by atoms with Crippen LogP contribution in [0.15, 0.2) is 36.8 Å². The third-order valence-electron chi connectivity index (χ3n) is 1.97. The topological polar surface area (TPSA) is 42.7 Å². The fourth-order valence-electron chi connectivity index (χ4n) is 1.21. The lowest BCUT2D eigenvalue weighted by molar-refractivity contribution is 0.892. The highest BCUT2D eigenvalue weighted by molar-refractivity contribution is 5.26. The molecule has 14 heavy (non-hydrogen) atoms. The number of rotatable bonds is 3. The molecule has 0 fully saturated rings. The molecule has 2 heterocycles. The van der Waals surface area contributed by atoms with Crippen LogP contribution >= 0.6 is 0 Å². The second-order valence-corrected chi connectivity index (χ2v) is 3.04. The highest BCUT2D eigenvalue weighted by Gasteiger charge is 1.97. The minimum absolute atomic E-state index is 0.700. The summed E-state index contributed by atoms with van der Waals surface area (Å²) in [5.41, 5.74) is 1.01. The molecule has 0 aromatic carbocycles. The maximum atomic E-state index is 4.21. The lowest BCUT2D eigenvalue weighted by atomic mass is 10.3. The number of nitrogens with one attached hydrogen (secondary N) is 1. The van der Waals surface area contributed by atoms with Gasteiger partial charge >= 0.3 is 0 Å². The van der Waals surface area contributed by atoms with Gasteiger partial charge in [0.25, 0.3) is 0 Å². The summed E-state index contributed by atoms with van der Waals surface area (Å²) in [4.78, 5) is 8.36. The van der Waals surface area contributed by atoms with E-state index in [1.165, 1.54) is 0 Å². The summed E-state index contributed by atoms with van der Waals surface area (Å²) in [5.74, 6) is 0.857. The molecule has 0 aliphatic rings. The molecule has 0 saturated carbocycles. The van der Waals surface area contributed by atoms with Crippen LogP contribution in [0.1, 0.15) is 5.69 Å². The second kappa shape index (κ2) is 3.91. The third kappa shape index (κ3) is 1.90. The van der Waals surface area contributed by atoms with E-state index in [1.807, 2.05) is 36.0 Å². The minimum atomic E-state index is 0.700. The molecule has 4 nitrogen and oxygen atoms in total. The monoisotopic (exact) mass is 188 g/mol. The van der Waals surface area contributed by atoms with Crippen molar-refractivity contribution in [3.63, 3.8) is 0 Å². The van der Waals surface area contributed by atoms with Crippen LogP contribution in [0.3, 0.4) is 0 Å². The first kappa shape index (κ1) is 8.74. The molecule has 0 spiro atoms.